The van der Waals surface area contributed by atoms with E-state index >= 15 is 0 Å². The third-order valence-electron chi connectivity index (χ3n) is 1.54. The molecule has 1 aliphatic heterocycles. The summed E-state index contributed by atoms with van der Waals surface area (Å²) >= 11 is 0. The molecule has 0 spiro atoms. The van der Waals surface area contributed by atoms with Crippen LogP contribution in [0, 0.1) is 0 Å². The minimum absolute atomic E-state index is 0.811. The lowest BCUT2D eigenvalue weighted by Crippen LogP contribution is -2.04. The Kier molecular flexibility index (Phi) is 6.16. The Morgan fingerprint density at radius 2 is 2.08 bits per heavy atom. The summed E-state index contributed by atoms with van der Waals surface area (Å²) in [5, 5.41) is 0. The fourth-order valence-corrected chi connectivity index (χ4v) is 1.01. The molecule has 12 heavy (non-hydrogen) atoms. The summed E-state index contributed by atoms with van der Waals surface area (Å²) < 4.78 is 5.23. The van der Waals surface area contributed by atoms with Gasteiger partial charge in [-0.25, -0.2) is 0 Å². The summed E-state index contributed by atoms with van der Waals surface area (Å²) in [6.07, 6.45) is 5.90. The van der Waals surface area contributed by atoms with Crippen LogP contribution in [0.3, 0.4) is 0 Å². The zero-order valence-corrected chi connectivity index (χ0v) is 8.10. The predicted octanol–water partition coefficient (Wildman–Crippen LogP) is 3.45. The smallest absolute Gasteiger partial charge is 0.115 e. The summed E-state index contributed by atoms with van der Waals surface area (Å²) in [5.41, 5.74) is 1.18. The molecule has 0 N–H and O–H groups in total. The number of hydrogen-bond acceptors (Lipinski definition) is 1. The van der Waals surface area contributed by atoms with Crippen LogP contribution in [0.2, 0.25) is 0 Å². The van der Waals surface area contributed by atoms with E-state index in [2.05, 4.69) is 13.2 Å². The van der Waals surface area contributed by atoms with Crippen molar-refractivity contribution in [3.8, 4) is 0 Å². The topological polar surface area (TPSA) is 9.23 Å². The van der Waals surface area contributed by atoms with Gasteiger partial charge in [-0.05, 0) is 18.4 Å². The second-order valence-electron chi connectivity index (χ2n) is 2.30. The molecular formula is C11H18O. The summed E-state index contributed by atoms with van der Waals surface area (Å²) in [6.45, 7) is 12.2. The van der Waals surface area contributed by atoms with Gasteiger partial charge in [0.25, 0.3) is 0 Å². The Labute approximate surface area is 75.4 Å². The average molecular weight is 166 g/mol. The molecule has 1 fully saturated rings. The highest BCUT2D eigenvalue weighted by Gasteiger charge is 2.08. The molecule has 1 saturated heterocycles. The Morgan fingerprint density at radius 3 is 2.58 bits per heavy atom. The van der Waals surface area contributed by atoms with Gasteiger partial charge in [0.05, 0.1) is 6.61 Å². The van der Waals surface area contributed by atoms with E-state index < -0.39 is 0 Å². The van der Waals surface area contributed by atoms with Crippen LogP contribution in [0.1, 0.15) is 26.7 Å². The van der Waals surface area contributed by atoms with Crippen molar-refractivity contribution in [1.82, 2.24) is 0 Å². The fourth-order valence-electron chi connectivity index (χ4n) is 1.01. The van der Waals surface area contributed by atoms with Gasteiger partial charge in [0.1, 0.15) is 5.76 Å². The molecule has 1 rings (SSSR count). The first kappa shape index (κ1) is 11.0. The minimum Gasteiger partial charge on any atom is -0.494 e. The lowest BCUT2D eigenvalue weighted by Gasteiger charge is -2.17. The van der Waals surface area contributed by atoms with E-state index in [0.717, 1.165) is 25.2 Å². The lowest BCUT2D eigenvalue weighted by atomic mass is 10.1. The molecule has 0 amide bonds. The molecule has 0 atom stereocenters. The van der Waals surface area contributed by atoms with Crippen molar-refractivity contribution in [3.63, 3.8) is 0 Å². The van der Waals surface area contributed by atoms with Gasteiger partial charge in [-0.2, -0.15) is 0 Å². The minimum atomic E-state index is 0.811. The predicted molar refractivity (Wildman–Crippen MR) is 54.0 cm³/mol. The number of ether oxygens (including phenoxy) is 1. The SMILES string of the molecule is C=C/C=C1/CCCOC1=C.CC. The largest absolute Gasteiger partial charge is 0.494 e. The van der Waals surface area contributed by atoms with E-state index in [4.69, 9.17) is 4.74 Å². The summed E-state index contributed by atoms with van der Waals surface area (Å²) in [6, 6.07) is 0. The van der Waals surface area contributed by atoms with E-state index in [1.807, 2.05) is 19.9 Å². The Hall–Kier alpha value is -0.980. The second-order valence-corrected chi connectivity index (χ2v) is 2.30. The first-order valence-electron chi connectivity index (χ1n) is 4.48. The highest BCUT2D eigenvalue weighted by Crippen LogP contribution is 2.21. The zero-order valence-electron chi connectivity index (χ0n) is 8.10. The van der Waals surface area contributed by atoms with Gasteiger partial charge < -0.3 is 4.74 Å². The van der Waals surface area contributed by atoms with Crippen molar-refractivity contribution < 1.29 is 4.74 Å². The normalized spacial score (nSPS) is 19.2. The van der Waals surface area contributed by atoms with Gasteiger partial charge in [-0.3, -0.25) is 0 Å². The Morgan fingerprint density at radius 1 is 1.42 bits per heavy atom. The van der Waals surface area contributed by atoms with Crippen LogP contribution in [0.4, 0.5) is 0 Å². The van der Waals surface area contributed by atoms with Gasteiger partial charge in [-0.15, -0.1) is 0 Å². The van der Waals surface area contributed by atoms with Crippen molar-refractivity contribution in [2.75, 3.05) is 6.61 Å². The van der Waals surface area contributed by atoms with Gasteiger partial charge in [0.15, 0.2) is 0 Å². The Balaban J connectivity index is 0.000000561. The summed E-state index contributed by atoms with van der Waals surface area (Å²) in [5.74, 6) is 0.811. The highest BCUT2D eigenvalue weighted by molar-refractivity contribution is 5.27. The molecule has 0 radical (unpaired) electrons. The fraction of sp³-hybridized carbons (Fsp3) is 0.455. The molecule has 0 saturated carbocycles. The van der Waals surface area contributed by atoms with Crippen molar-refractivity contribution in [3.05, 3.63) is 36.6 Å². The first-order valence-corrected chi connectivity index (χ1v) is 4.48. The van der Waals surface area contributed by atoms with Crippen LogP contribution in [-0.2, 0) is 4.74 Å². The maximum Gasteiger partial charge on any atom is 0.115 e. The average Bonchev–Trinajstić information content (AvgIpc) is 2.13. The van der Waals surface area contributed by atoms with Crippen molar-refractivity contribution in [2.24, 2.45) is 0 Å². The van der Waals surface area contributed by atoms with Crippen molar-refractivity contribution >= 4 is 0 Å². The van der Waals surface area contributed by atoms with Gasteiger partial charge in [-0.1, -0.05) is 39.2 Å². The monoisotopic (exact) mass is 166 g/mol. The van der Waals surface area contributed by atoms with Crippen LogP contribution in [0.5, 0.6) is 0 Å². The molecule has 1 heterocycles. The molecule has 0 bridgehead atoms. The zero-order chi connectivity index (χ0) is 9.40. The van der Waals surface area contributed by atoms with Crippen LogP contribution >= 0.6 is 0 Å². The molecule has 1 nitrogen and oxygen atoms in total. The van der Waals surface area contributed by atoms with E-state index in [-0.39, 0.29) is 0 Å². The Bertz CT molecular complexity index is 177. The molecule has 0 unspecified atom stereocenters. The molecule has 0 aromatic rings. The van der Waals surface area contributed by atoms with E-state index in [9.17, 15) is 0 Å². The van der Waals surface area contributed by atoms with Crippen molar-refractivity contribution in [1.29, 1.82) is 0 Å². The molecular weight excluding hydrogens is 148 g/mol. The number of allylic oxidation sites excluding steroid dienone is 3. The molecule has 0 aliphatic carbocycles. The number of rotatable bonds is 1. The van der Waals surface area contributed by atoms with Gasteiger partial charge >= 0.3 is 0 Å². The maximum absolute atomic E-state index is 5.23. The molecule has 0 aromatic heterocycles. The number of hydrogen-bond donors (Lipinski definition) is 0. The third-order valence-corrected chi connectivity index (χ3v) is 1.54. The van der Waals surface area contributed by atoms with E-state index in [1.54, 1.807) is 6.08 Å². The molecule has 68 valence electrons. The highest BCUT2D eigenvalue weighted by atomic mass is 16.5. The lowest BCUT2D eigenvalue weighted by molar-refractivity contribution is 0.195. The molecule has 1 aliphatic rings. The van der Waals surface area contributed by atoms with Crippen LogP contribution in [0.15, 0.2) is 36.6 Å². The van der Waals surface area contributed by atoms with Gasteiger partial charge in [0.2, 0.25) is 0 Å². The van der Waals surface area contributed by atoms with Crippen LogP contribution in [0.25, 0.3) is 0 Å². The van der Waals surface area contributed by atoms with Crippen molar-refractivity contribution in [2.45, 2.75) is 26.7 Å². The van der Waals surface area contributed by atoms with E-state index in [1.165, 1.54) is 5.57 Å². The van der Waals surface area contributed by atoms with Gasteiger partial charge in [0, 0.05) is 0 Å². The summed E-state index contributed by atoms with van der Waals surface area (Å²) in [7, 11) is 0. The van der Waals surface area contributed by atoms with Crippen LogP contribution < -0.4 is 0 Å². The summed E-state index contributed by atoms with van der Waals surface area (Å²) in [4.78, 5) is 0. The first-order chi connectivity index (χ1) is 5.84. The van der Waals surface area contributed by atoms with E-state index in [0.29, 0.717) is 0 Å². The molecule has 1 heteroatoms. The van der Waals surface area contributed by atoms with Crippen LogP contribution in [-0.4, -0.2) is 6.61 Å². The second kappa shape index (κ2) is 6.71. The quantitative estimate of drug-likeness (QED) is 0.579. The third kappa shape index (κ3) is 3.42. The maximum atomic E-state index is 5.23. The standard InChI is InChI=1S/C9H12O.C2H6/c1-3-5-9-6-4-7-10-8(9)2;1-2/h3,5H,1-2,4,6-7H2;1-2H3/b9-5-;. The molecule has 0 aromatic carbocycles.